The molecule has 2 atom stereocenters. The van der Waals surface area contributed by atoms with Gasteiger partial charge in [-0.3, -0.25) is 24.2 Å². The van der Waals surface area contributed by atoms with Gasteiger partial charge in [0, 0.05) is 37.6 Å². The minimum atomic E-state index is -0.938. The zero-order valence-electron chi connectivity index (χ0n) is 17.4. The minimum Gasteiger partial charge on any atom is -0.354 e. The summed E-state index contributed by atoms with van der Waals surface area (Å²) in [5, 5.41) is 5.50. The molecule has 3 heterocycles. The predicted octanol–water partition coefficient (Wildman–Crippen LogP) is -0.162. The number of piperidine rings is 1. The average Bonchev–Trinajstić information content (AvgIpc) is 2.85. The van der Waals surface area contributed by atoms with E-state index in [9.17, 15) is 19.2 Å². The first-order chi connectivity index (χ1) is 15.5. The topological polar surface area (TPSA) is 125 Å². The second kappa shape index (κ2) is 9.54. The van der Waals surface area contributed by atoms with E-state index in [2.05, 4.69) is 20.6 Å². The molecule has 2 saturated heterocycles. The number of hydrogen-bond acceptors (Lipinski definition) is 6. The van der Waals surface area contributed by atoms with Crippen LogP contribution in [0.25, 0.3) is 0 Å². The fourth-order valence-electron chi connectivity index (χ4n) is 3.93. The highest BCUT2D eigenvalue weighted by atomic mass is 16.2. The van der Waals surface area contributed by atoms with Crippen molar-refractivity contribution >= 4 is 23.6 Å². The van der Waals surface area contributed by atoms with Gasteiger partial charge in [-0.15, -0.1) is 0 Å². The maximum atomic E-state index is 13.2. The molecule has 4 amide bonds. The van der Waals surface area contributed by atoms with E-state index in [0.29, 0.717) is 18.5 Å². The van der Waals surface area contributed by atoms with Gasteiger partial charge in [0.2, 0.25) is 11.8 Å². The van der Waals surface area contributed by atoms with Gasteiger partial charge in [-0.05, 0) is 25.0 Å². The van der Waals surface area contributed by atoms with Gasteiger partial charge in [-0.1, -0.05) is 18.2 Å². The molecule has 1 aromatic heterocycles. The quantitative estimate of drug-likeness (QED) is 0.686. The van der Waals surface area contributed by atoms with Gasteiger partial charge in [0.25, 0.3) is 11.8 Å². The number of piperazine rings is 1. The number of amides is 4. The summed E-state index contributed by atoms with van der Waals surface area (Å²) in [6.07, 6.45) is 5.54. The van der Waals surface area contributed by atoms with Crippen molar-refractivity contribution in [2.24, 2.45) is 0 Å². The summed E-state index contributed by atoms with van der Waals surface area (Å²) in [6, 6.07) is 7.08. The Balaban J connectivity index is 1.56. The van der Waals surface area contributed by atoms with E-state index >= 15 is 0 Å². The third-order valence-electron chi connectivity index (χ3n) is 5.64. The Kier molecular flexibility index (Phi) is 6.39. The number of rotatable bonds is 4. The SMILES string of the molecule is O=C1NCCCC1NC(=O)C1CN(C(=O)c2cnccn2)CCN1C(=O)c1ccccc1. The molecule has 4 rings (SSSR count). The van der Waals surface area contributed by atoms with Gasteiger partial charge < -0.3 is 20.4 Å². The summed E-state index contributed by atoms with van der Waals surface area (Å²) >= 11 is 0. The molecule has 2 N–H and O–H groups in total. The number of carbonyl (C=O) groups is 4. The van der Waals surface area contributed by atoms with Crippen molar-refractivity contribution in [3.05, 3.63) is 60.2 Å². The van der Waals surface area contributed by atoms with Crippen LogP contribution in [0, 0.1) is 0 Å². The van der Waals surface area contributed by atoms with Gasteiger partial charge in [0.1, 0.15) is 17.8 Å². The molecule has 10 heteroatoms. The van der Waals surface area contributed by atoms with Crippen LogP contribution in [-0.2, 0) is 9.59 Å². The van der Waals surface area contributed by atoms with Gasteiger partial charge in [-0.25, -0.2) is 4.98 Å². The van der Waals surface area contributed by atoms with E-state index in [-0.39, 0.29) is 43.0 Å². The molecule has 2 fully saturated rings. The molecule has 0 aliphatic carbocycles. The largest absolute Gasteiger partial charge is 0.354 e. The first kappa shape index (κ1) is 21.4. The van der Waals surface area contributed by atoms with Crippen LogP contribution >= 0.6 is 0 Å². The van der Waals surface area contributed by atoms with E-state index in [1.165, 1.54) is 28.4 Å². The van der Waals surface area contributed by atoms with Crippen molar-refractivity contribution in [3.63, 3.8) is 0 Å². The molecule has 166 valence electrons. The Morgan fingerprint density at radius 3 is 2.59 bits per heavy atom. The smallest absolute Gasteiger partial charge is 0.274 e. The zero-order chi connectivity index (χ0) is 22.5. The van der Waals surface area contributed by atoms with Crippen LogP contribution in [0.2, 0.25) is 0 Å². The monoisotopic (exact) mass is 436 g/mol. The number of aromatic nitrogens is 2. The molecule has 0 bridgehead atoms. The summed E-state index contributed by atoms with van der Waals surface area (Å²) in [5.74, 6) is -1.37. The first-order valence-corrected chi connectivity index (χ1v) is 10.5. The molecule has 2 unspecified atom stereocenters. The van der Waals surface area contributed by atoms with Crippen LogP contribution in [0.5, 0.6) is 0 Å². The lowest BCUT2D eigenvalue weighted by Gasteiger charge is -2.41. The maximum Gasteiger partial charge on any atom is 0.274 e. The number of carbonyl (C=O) groups excluding carboxylic acids is 4. The molecule has 2 aliphatic rings. The number of nitrogens with one attached hydrogen (secondary N) is 2. The first-order valence-electron chi connectivity index (χ1n) is 10.5. The Morgan fingerprint density at radius 2 is 1.88 bits per heavy atom. The van der Waals surface area contributed by atoms with Crippen LogP contribution in [0.3, 0.4) is 0 Å². The molecule has 10 nitrogen and oxygen atoms in total. The normalized spacial score (nSPS) is 20.9. The maximum absolute atomic E-state index is 13.2. The fraction of sp³-hybridized carbons (Fsp3) is 0.364. The van der Waals surface area contributed by atoms with Crippen LogP contribution < -0.4 is 10.6 Å². The van der Waals surface area contributed by atoms with Gasteiger partial charge in [0.05, 0.1) is 12.7 Å². The molecule has 1 aromatic carbocycles. The third-order valence-corrected chi connectivity index (χ3v) is 5.64. The van der Waals surface area contributed by atoms with Crippen LogP contribution in [-0.4, -0.2) is 81.7 Å². The van der Waals surface area contributed by atoms with Crippen molar-refractivity contribution in [1.82, 2.24) is 30.4 Å². The zero-order valence-corrected chi connectivity index (χ0v) is 17.4. The number of nitrogens with zero attached hydrogens (tertiary/aromatic N) is 4. The van der Waals surface area contributed by atoms with Crippen LogP contribution in [0.15, 0.2) is 48.9 Å². The second-order valence-electron chi connectivity index (χ2n) is 7.72. The molecule has 0 saturated carbocycles. The van der Waals surface area contributed by atoms with E-state index in [1.54, 1.807) is 30.3 Å². The number of benzene rings is 1. The van der Waals surface area contributed by atoms with Crippen LogP contribution in [0.1, 0.15) is 33.7 Å². The van der Waals surface area contributed by atoms with E-state index in [1.807, 2.05) is 0 Å². The van der Waals surface area contributed by atoms with Crippen LogP contribution in [0.4, 0.5) is 0 Å². The summed E-state index contributed by atoms with van der Waals surface area (Å²) in [4.78, 5) is 62.3. The molecule has 2 aliphatic heterocycles. The lowest BCUT2D eigenvalue weighted by Crippen LogP contribution is -2.63. The summed E-state index contributed by atoms with van der Waals surface area (Å²) in [5.41, 5.74) is 0.621. The lowest BCUT2D eigenvalue weighted by atomic mass is 10.0. The standard InChI is InChI=1S/C22H24N6O4/c29-19-16(7-4-8-25-19)26-20(30)18-14-27(22(32)17-13-23-9-10-24-17)11-12-28(18)21(31)15-5-2-1-3-6-15/h1-3,5-6,9-10,13,16,18H,4,7-8,11-12,14H2,(H,25,29)(H,26,30). The Morgan fingerprint density at radius 1 is 1.06 bits per heavy atom. The minimum absolute atomic E-state index is 0.00580. The second-order valence-corrected chi connectivity index (χ2v) is 7.72. The third kappa shape index (κ3) is 4.58. The highest BCUT2D eigenvalue weighted by Gasteiger charge is 2.39. The highest BCUT2D eigenvalue weighted by Crippen LogP contribution is 2.17. The summed E-state index contributed by atoms with van der Waals surface area (Å²) in [6.45, 7) is 0.998. The van der Waals surface area contributed by atoms with E-state index < -0.39 is 18.0 Å². The Bertz CT molecular complexity index is 1000. The Hall–Kier alpha value is -3.82. The van der Waals surface area contributed by atoms with Crippen molar-refractivity contribution < 1.29 is 19.2 Å². The molecule has 32 heavy (non-hydrogen) atoms. The predicted molar refractivity (Wildman–Crippen MR) is 113 cm³/mol. The van der Waals surface area contributed by atoms with Crippen molar-refractivity contribution in [2.45, 2.75) is 24.9 Å². The highest BCUT2D eigenvalue weighted by molar-refractivity contribution is 5.99. The molecule has 0 radical (unpaired) electrons. The number of hydrogen-bond donors (Lipinski definition) is 2. The Labute approximate surface area is 185 Å². The molecular weight excluding hydrogens is 412 g/mol. The van der Waals surface area contributed by atoms with Crippen molar-refractivity contribution in [2.75, 3.05) is 26.2 Å². The van der Waals surface area contributed by atoms with E-state index in [4.69, 9.17) is 0 Å². The lowest BCUT2D eigenvalue weighted by molar-refractivity contribution is -0.133. The van der Waals surface area contributed by atoms with Crippen molar-refractivity contribution in [1.29, 1.82) is 0 Å². The van der Waals surface area contributed by atoms with Crippen molar-refractivity contribution in [3.8, 4) is 0 Å². The van der Waals surface area contributed by atoms with Gasteiger partial charge in [-0.2, -0.15) is 0 Å². The van der Waals surface area contributed by atoms with E-state index in [0.717, 1.165) is 6.42 Å². The van der Waals surface area contributed by atoms with Gasteiger partial charge in [0.15, 0.2) is 0 Å². The molecular formula is C22H24N6O4. The summed E-state index contributed by atoms with van der Waals surface area (Å²) in [7, 11) is 0. The average molecular weight is 436 g/mol. The molecule has 2 aromatic rings. The molecule has 0 spiro atoms. The fourth-order valence-corrected chi connectivity index (χ4v) is 3.93. The summed E-state index contributed by atoms with van der Waals surface area (Å²) < 4.78 is 0. The van der Waals surface area contributed by atoms with Gasteiger partial charge >= 0.3 is 0 Å².